The van der Waals surface area contributed by atoms with Crippen LogP contribution >= 0.6 is 0 Å². The first-order valence-electron chi connectivity index (χ1n) is 6.60. The van der Waals surface area contributed by atoms with Gasteiger partial charge in [0.15, 0.2) is 0 Å². The molecule has 6 nitrogen and oxygen atoms in total. The lowest BCUT2D eigenvalue weighted by atomic mass is 9.95. The Labute approximate surface area is 107 Å². The molecule has 1 fully saturated rings. The summed E-state index contributed by atoms with van der Waals surface area (Å²) in [7, 11) is 0. The highest BCUT2D eigenvalue weighted by atomic mass is 16.2. The normalized spacial score (nSPS) is 18.6. The van der Waals surface area contributed by atoms with E-state index in [1.54, 1.807) is 6.20 Å². The van der Waals surface area contributed by atoms with Crippen molar-refractivity contribution in [1.82, 2.24) is 20.3 Å². The van der Waals surface area contributed by atoms with Crippen LogP contribution in [0.3, 0.4) is 0 Å². The molecule has 1 aromatic rings. The van der Waals surface area contributed by atoms with E-state index in [0.717, 1.165) is 12.8 Å². The van der Waals surface area contributed by atoms with Gasteiger partial charge >= 0.3 is 0 Å². The molecule has 3 N–H and O–H groups in total. The molecule has 0 aliphatic heterocycles. The van der Waals surface area contributed by atoms with Crippen LogP contribution in [0.15, 0.2) is 6.20 Å². The van der Waals surface area contributed by atoms with Crippen LogP contribution in [0.1, 0.15) is 50.8 Å². The van der Waals surface area contributed by atoms with E-state index in [-0.39, 0.29) is 18.5 Å². The summed E-state index contributed by atoms with van der Waals surface area (Å²) in [5.41, 5.74) is 6.40. The van der Waals surface area contributed by atoms with E-state index in [1.807, 2.05) is 6.92 Å². The van der Waals surface area contributed by atoms with Crippen molar-refractivity contribution in [3.8, 4) is 0 Å². The predicted octanol–water partition coefficient (Wildman–Crippen LogP) is 0.747. The van der Waals surface area contributed by atoms with Gasteiger partial charge in [-0.05, 0) is 19.8 Å². The van der Waals surface area contributed by atoms with E-state index in [1.165, 1.54) is 23.9 Å². The Morgan fingerprint density at radius 1 is 1.56 bits per heavy atom. The summed E-state index contributed by atoms with van der Waals surface area (Å²) in [6.07, 6.45) is 7.62. The van der Waals surface area contributed by atoms with Gasteiger partial charge in [-0.15, -0.1) is 5.10 Å². The third-order valence-electron chi connectivity index (χ3n) is 3.30. The van der Waals surface area contributed by atoms with Gasteiger partial charge in [-0.3, -0.25) is 4.79 Å². The van der Waals surface area contributed by atoms with Crippen molar-refractivity contribution in [3.63, 3.8) is 0 Å². The second kappa shape index (κ2) is 5.95. The van der Waals surface area contributed by atoms with Crippen molar-refractivity contribution in [2.45, 2.75) is 57.7 Å². The fourth-order valence-electron chi connectivity index (χ4n) is 2.27. The van der Waals surface area contributed by atoms with Crippen LogP contribution in [0.5, 0.6) is 0 Å². The molecule has 100 valence electrons. The Hall–Kier alpha value is -1.43. The first kappa shape index (κ1) is 13.0. The smallest absolute Gasteiger partial charge is 0.242 e. The minimum atomic E-state index is -0.153. The number of rotatable bonds is 4. The second-order valence-electron chi connectivity index (χ2n) is 5.03. The van der Waals surface area contributed by atoms with Gasteiger partial charge in [0.05, 0.1) is 11.9 Å². The molecule has 1 aromatic heterocycles. The maximum Gasteiger partial charge on any atom is 0.242 e. The minimum Gasteiger partial charge on any atom is -0.352 e. The summed E-state index contributed by atoms with van der Waals surface area (Å²) >= 11 is 0. The number of aromatic nitrogens is 3. The summed E-state index contributed by atoms with van der Waals surface area (Å²) in [4.78, 5) is 11.8. The summed E-state index contributed by atoms with van der Waals surface area (Å²) in [6.45, 7) is 2.06. The van der Waals surface area contributed by atoms with E-state index >= 15 is 0 Å². The molecule has 1 saturated carbocycles. The number of nitrogens with one attached hydrogen (secondary N) is 1. The van der Waals surface area contributed by atoms with E-state index in [0.29, 0.717) is 11.7 Å². The largest absolute Gasteiger partial charge is 0.352 e. The number of hydrogen-bond acceptors (Lipinski definition) is 4. The van der Waals surface area contributed by atoms with Crippen LogP contribution in [0.2, 0.25) is 0 Å². The van der Waals surface area contributed by atoms with Crippen molar-refractivity contribution < 1.29 is 4.79 Å². The van der Waals surface area contributed by atoms with Gasteiger partial charge in [0.1, 0.15) is 6.54 Å². The Kier molecular flexibility index (Phi) is 4.30. The van der Waals surface area contributed by atoms with Gasteiger partial charge < -0.3 is 11.1 Å². The Morgan fingerprint density at radius 2 is 2.28 bits per heavy atom. The van der Waals surface area contributed by atoms with E-state index in [9.17, 15) is 4.79 Å². The van der Waals surface area contributed by atoms with Crippen molar-refractivity contribution in [1.29, 1.82) is 0 Å². The van der Waals surface area contributed by atoms with Crippen LogP contribution in [0.4, 0.5) is 0 Å². The second-order valence-corrected chi connectivity index (χ2v) is 5.03. The van der Waals surface area contributed by atoms with Crippen LogP contribution in [0.25, 0.3) is 0 Å². The first-order valence-corrected chi connectivity index (χ1v) is 6.60. The maximum atomic E-state index is 11.8. The molecule has 0 aromatic carbocycles. The molecular formula is C12H21N5O. The van der Waals surface area contributed by atoms with Crippen molar-refractivity contribution in [2.24, 2.45) is 5.73 Å². The number of hydrogen-bond donors (Lipinski definition) is 2. The number of nitrogens with two attached hydrogens (primary N) is 1. The van der Waals surface area contributed by atoms with Crippen LogP contribution < -0.4 is 11.1 Å². The Morgan fingerprint density at radius 3 is 2.89 bits per heavy atom. The topological polar surface area (TPSA) is 85.8 Å². The summed E-state index contributed by atoms with van der Waals surface area (Å²) in [5, 5.41) is 10.9. The van der Waals surface area contributed by atoms with Crippen molar-refractivity contribution in [3.05, 3.63) is 11.9 Å². The molecule has 18 heavy (non-hydrogen) atoms. The summed E-state index contributed by atoms with van der Waals surface area (Å²) in [6, 6.07) is 0.183. The molecular weight excluding hydrogens is 230 g/mol. The number of amides is 1. The predicted molar refractivity (Wildman–Crippen MR) is 67.6 cm³/mol. The van der Waals surface area contributed by atoms with Gasteiger partial charge in [-0.2, -0.15) is 0 Å². The Bertz CT molecular complexity index is 395. The van der Waals surface area contributed by atoms with Gasteiger partial charge in [0, 0.05) is 12.1 Å². The zero-order valence-corrected chi connectivity index (χ0v) is 10.8. The zero-order valence-electron chi connectivity index (χ0n) is 10.8. The lowest BCUT2D eigenvalue weighted by Crippen LogP contribution is -2.38. The molecule has 0 saturated heterocycles. The third-order valence-corrected chi connectivity index (χ3v) is 3.30. The number of nitrogens with zero attached hydrogens (tertiary/aromatic N) is 3. The fourth-order valence-corrected chi connectivity index (χ4v) is 2.27. The first-order chi connectivity index (χ1) is 8.65. The summed E-state index contributed by atoms with van der Waals surface area (Å²) in [5.74, 6) is 0.00280. The molecule has 1 unspecified atom stereocenters. The quantitative estimate of drug-likeness (QED) is 0.826. The van der Waals surface area contributed by atoms with Crippen LogP contribution in [-0.4, -0.2) is 26.9 Å². The fraction of sp³-hybridized carbons (Fsp3) is 0.750. The highest BCUT2D eigenvalue weighted by molar-refractivity contribution is 5.75. The van der Waals surface area contributed by atoms with Gasteiger partial charge in [0.2, 0.25) is 5.91 Å². The van der Waals surface area contributed by atoms with E-state index in [2.05, 4.69) is 15.6 Å². The average molecular weight is 251 g/mol. The molecule has 6 heteroatoms. The van der Waals surface area contributed by atoms with Crippen LogP contribution in [0, 0.1) is 0 Å². The van der Waals surface area contributed by atoms with Gasteiger partial charge in [-0.1, -0.05) is 24.5 Å². The lowest BCUT2D eigenvalue weighted by molar-refractivity contribution is -0.122. The van der Waals surface area contributed by atoms with Gasteiger partial charge in [0.25, 0.3) is 0 Å². The van der Waals surface area contributed by atoms with E-state index < -0.39 is 0 Å². The van der Waals surface area contributed by atoms with Crippen molar-refractivity contribution in [2.75, 3.05) is 0 Å². The molecule has 2 rings (SSSR count). The molecule has 0 radical (unpaired) electrons. The SMILES string of the molecule is CC(N)c1cn(CC(=O)NC2CCCCC2)nn1. The molecule has 1 aliphatic rings. The standard InChI is InChI=1S/C12H21N5O/c1-9(13)11-7-17(16-15-11)8-12(18)14-10-5-3-2-4-6-10/h7,9-10H,2-6,8,13H2,1H3,(H,14,18). The molecule has 1 aliphatic carbocycles. The average Bonchev–Trinajstić information content (AvgIpc) is 2.78. The maximum absolute atomic E-state index is 11.8. The van der Waals surface area contributed by atoms with E-state index in [4.69, 9.17) is 5.73 Å². The monoisotopic (exact) mass is 251 g/mol. The van der Waals surface area contributed by atoms with Gasteiger partial charge in [-0.25, -0.2) is 4.68 Å². The molecule has 0 spiro atoms. The molecule has 1 atom stereocenters. The third kappa shape index (κ3) is 3.53. The minimum absolute atomic E-state index is 0.00280. The molecule has 1 heterocycles. The highest BCUT2D eigenvalue weighted by Gasteiger charge is 2.16. The molecule has 1 amide bonds. The highest BCUT2D eigenvalue weighted by Crippen LogP contribution is 2.17. The van der Waals surface area contributed by atoms with Crippen molar-refractivity contribution >= 4 is 5.91 Å². The lowest BCUT2D eigenvalue weighted by Gasteiger charge is -2.22. The Balaban J connectivity index is 1.82. The van der Waals surface area contributed by atoms with Crippen LogP contribution in [-0.2, 0) is 11.3 Å². The number of carbonyl (C=O) groups excluding carboxylic acids is 1. The number of carbonyl (C=O) groups is 1. The zero-order chi connectivity index (χ0) is 13.0. The molecule has 0 bridgehead atoms. The summed E-state index contributed by atoms with van der Waals surface area (Å²) < 4.78 is 1.54.